The number of nitrogens with zero attached hydrogens (tertiary/aromatic N) is 1. The molecule has 0 aliphatic rings. The van der Waals surface area contributed by atoms with Gasteiger partial charge in [-0.1, -0.05) is 68.7 Å². The summed E-state index contributed by atoms with van der Waals surface area (Å²) in [7, 11) is 0. The van der Waals surface area contributed by atoms with Crippen molar-refractivity contribution in [2.24, 2.45) is 0 Å². The summed E-state index contributed by atoms with van der Waals surface area (Å²) in [6.07, 6.45) is 4.66. The Labute approximate surface area is 127 Å². The van der Waals surface area contributed by atoms with Crippen molar-refractivity contribution in [3.63, 3.8) is 0 Å². The summed E-state index contributed by atoms with van der Waals surface area (Å²) >= 11 is 0. The first-order valence-corrected chi connectivity index (χ1v) is 7.58. The number of rotatable bonds is 7. The van der Waals surface area contributed by atoms with Gasteiger partial charge in [-0.15, -0.1) is 0 Å². The molecule has 0 aromatic heterocycles. The van der Waals surface area contributed by atoms with Gasteiger partial charge in [0, 0.05) is 5.56 Å². The van der Waals surface area contributed by atoms with Crippen LogP contribution in [0.4, 0.5) is 0 Å². The molecule has 2 heteroatoms. The lowest BCUT2D eigenvalue weighted by molar-refractivity contribution is 0.304. The van der Waals surface area contributed by atoms with E-state index in [2.05, 4.69) is 13.0 Å². The molecule has 0 unspecified atom stereocenters. The predicted octanol–water partition coefficient (Wildman–Crippen LogP) is 5.18. The van der Waals surface area contributed by atoms with Gasteiger partial charge < -0.3 is 4.74 Å². The molecule has 0 bridgehead atoms. The Morgan fingerprint density at radius 3 is 2.48 bits per heavy atom. The number of unbranched alkanes of at least 4 members (excludes halogenated alkanes) is 3. The first-order valence-electron chi connectivity index (χ1n) is 7.58. The van der Waals surface area contributed by atoms with Gasteiger partial charge in [-0.3, -0.25) is 0 Å². The van der Waals surface area contributed by atoms with E-state index in [1.807, 2.05) is 48.5 Å². The minimum absolute atomic E-state index is 0.624. The highest BCUT2D eigenvalue weighted by Gasteiger charge is 2.10. The zero-order chi connectivity index (χ0) is 14.9. The average molecular weight is 279 g/mol. The van der Waals surface area contributed by atoms with Crippen LogP contribution in [0.25, 0.3) is 11.1 Å². The van der Waals surface area contributed by atoms with E-state index in [4.69, 9.17) is 4.74 Å². The van der Waals surface area contributed by atoms with Crippen LogP contribution in [0.5, 0.6) is 5.75 Å². The lowest BCUT2D eigenvalue weighted by Crippen LogP contribution is -2.00. The Bertz CT molecular complexity index is 599. The molecule has 2 aromatic rings. The SMILES string of the molecule is CCCCCCOc1cccc(-c2ccccc2)c1C#N. The van der Waals surface area contributed by atoms with Gasteiger partial charge in [0.25, 0.3) is 0 Å². The highest BCUT2D eigenvalue weighted by molar-refractivity contribution is 5.73. The van der Waals surface area contributed by atoms with Crippen LogP contribution < -0.4 is 4.74 Å². The van der Waals surface area contributed by atoms with Crippen molar-refractivity contribution in [1.29, 1.82) is 5.26 Å². The summed E-state index contributed by atoms with van der Waals surface area (Å²) in [6, 6.07) is 18.1. The number of hydrogen-bond acceptors (Lipinski definition) is 2. The highest BCUT2D eigenvalue weighted by atomic mass is 16.5. The van der Waals surface area contributed by atoms with Gasteiger partial charge in [0.15, 0.2) is 0 Å². The standard InChI is InChI=1S/C19H21NO/c1-2-3-4-8-14-21-19-13-9-12-17(18(19)15-20)16-10-6-5-7-11-16/h5-7,9-13H,2-4,8,14H2,1H3. The van der Waals surface area contributed by atoms with Crippen LogP contribution in [0, 0.1) is 11.3 Å². The summed E-state index contributed by atoms with van der Waals surface area (Å²) in [4.78, 5) is 0. The van der Waals surface area contributed by atoms with Gasteiger partial charge in [0.1, 0.15) is 17.4 Å². The van der Waals surface area contributed by atoms with E-state index in [0.29, 0.717) is 17.9 Å². The first-order chi connectivity index (χ1) is 10.4. The molecule has 2 rings (SSSR count). The fourth-order valence-electron chi connectivity index (χ4n) is 2.34. The van der Waals surface area contributed by atoms with E-state index in [9.17, 15) is 5.26 Å². The average Bonchev–Trinajstić information content (AvgIpc) is 2.55. The third kappa shape index (κ3) is 4.10. The molecule has 0 spiro atoms. The van der Waals surface area contributed by atoms with E-state index in [0.717, 1.165) is 17.5 Å². The van der Waals surface area contributed by atoms with E-state index >= 15 is 0 Å². The third-order valence-electron chi connectivity index (χ3n) is 3.48. The molecule has 0 radical (unpaired) electrons. The van der Waals surface area contributed by atoms with Crippen molar-refractivity contribution < 1.29 is 4.74 Å². The first kappa shape index (κ1) is 15.1. The fraction of sp³-hybridized carbons (Fsp3) is 0.316. The molecule has 0 fully saturated rings. The van der Waals surface area contributed by atoms with Crippen LogP contribution in [0.1, 0.15) is 38.2 Å². The largest absolute Gasteiger partial charge is 0.492 e. The molecule has 0 heterocycles. The van der Waals surface area contributed by atoms with Crippen LogP contribution in [0.15, 0.2) is 48.5 Å². The van der Waals surface area contributed by atoms with Crippen LogP contribution in [-0.2, 0) is 0 Å². The molecular weight excluding hydrogens is 258 g/mol. The number of ether oxygens (including phenoxy) is 1. The predicted molar refractivity (Wildman–Crippen MR) is 86.2 cm³/mol. The smallest absolute Gasteiger partial charge is 0.137 e. The number of benzene rings is 2. The molecule has 2 nitrogen and oxygen atoms in total. The van der Waals surface area contributed by atoms with Crippen molar-refractivity contribution in [2.45, 2.75) is 32.6 Å². The van der Waals surface area contributed by atoms with Crippen LogP contribution >= 0.6 is 0 Å². The van der Waals surface area contributed by atoms with Gasteiger partial charge in [0.05, 0.1) is 6.61 Å². The van der Waals surface area contributed by atoms with Crippen molar-refractivity contribution >= 4 is 0 Å². The van der Waals surface area contributed by atoms with Crippen molar-refractivity contribution in [3.05, 3.63) is 54.1 Å². The van der Waals surface area contributed by atoms with Crippen LogP contribution in [-0.4, -0.2) is 6.61 Å². The minimum Gasteiger partial charge on any atom is -0.492 e. The van der Waals surface area contributed by atoms with E-state index in [1.54, 1.807) is 0 Å². The number of hydrogen-bond donors (Lipinski definition) is 0. The van der Waals surface area contributed by atoms with Gasteiger partial charge in [-0.25, -0.2) is 0 Å². The Morgan fingerprint density at radius 2 is 1.76 bits per heavy atom. The van der Waals surface area contributed by atoms with Crippen molar-refractivity contribution in [3.8, 4) is 22.9 Å². The van der Waals surface area contributed by atoms with E-state index in [-0.39, 0.29) is 0 Å². The fourth-order valence-corrected chi connectivity index (χ4v) is 2.34. The zero-order valence-corrected chi connectivity index (χ0v) is 12.5. The summed E-state index contributed by atoms with van der Waals surface area (Å²) in [5.74, 6) is 0.690. The zero-order valence-electron chi connectivity index (χ0n) is 12.5. The molecule has 0 saturated carbocycles. The van der Waals surface area contributed by atoms with Gasteiger partial charge in [-0.2, -0.15) is 5.26 Å². The lowest BCUT2D eigenvalue weighted by atomic mass is 10.00. The van der Waals surface area contributed by atoms with Gasteiger partial charge in [-0.05, 0) is 18.1 Å². The summed E-state index contributed by atoms with van der Waals surface area (Å²) in [5, 5.41) is 9.47. The Balaban J connectivity index is 2.14. The maximum atomic E-state index is 9.47. The summed E-state index contributed by atoms with van der Waals surface area (Å²) in [6.45, 7) is 2.87. The minimum atomic E-state index is 0.624. The molecule has 0 aliphatic heterocycles. The van der Waals surface area contributed by atoms with Gasteiger partial charge >= 0.3 is 0 Å². The molecule has 21 heavy (non-hydrogen) atoms. The summed E-state index contributed by atoms with van der Waals surface area (Å²) in [5.41, 5.74) is 2.61. The monoisotopic (exact) mass is 279 g/mol. The molecule has 0 amide bonds. The Hall–Kier alpha value is -2.27. The van der Waals surface area contributed by atoms with Crippen molar-refractivity contribution in [1.82, 2.24) is 0 Å². The molecule has 0 saturated heterocycles. The molecule has 0 N–H and O–H groups in total. The second-order valence-electron chi connectivity index (χ2n) is 5.07. The second kappa shape index (κ2) is 8.11. The van der Waals surface area contributed by atoms with Gasteiger partial charge in [0.2, 0.25) is 0 Å². The molecule has 0 atom stereocenters. The summed E-state index contributed by atoms with van der Waals surface area (Å²) < 4.78 is 5.81. The molecule has 108 valence electrons. The molecule has 2 aromatic carbocycles. The third-order valence-corrected chi connectivity index (χ3v) is 3.48. The topological polar surface area (TPSA) is 33.0 Å². The Kier molecular flexibility index (Phi) is 5.84. The normalized spacial score (nSPS) is 10.1. The quantitative estimate of drug-likeness (QED) is 0.654. The van der Waals surface area contributed by atoms with Crippen molar-refractivity contribution in [2.75, 3.05) is 6.61 Å². The maximum Gasteiger partial charge on any atom is 0.137 e. The van der Waals surface area contributed by atoms with Crippen LogP contribution in [0.2, 0.25) is 0 Å². The second-order valence-corrected chi connectivity index (χ2v) is 5.07. The number of nitriles is 1. The Morgan fingerprint density at radius 1 is 0.952 bits per heavy atom. The van der Waals surface area contributed by atoms with E-state index < -0.39 is 0 Å². The molecular formula is C19H21NO. The van der Waals surface area contributed by atoms with Crippen LogP contribution in [0.3, 0.4) is 0 Å². The van der Waals surface area contributed by atoms with E-state index in [1.165, 1.54) is 19.3 Å². The maximum absolute atomic E-state index is 9.47. The molecule has 0 aliphatic carbocycles. The lowest BCUT2D eigenvalue weighted by Gasteiger charge is -2.11. The highest BCUT2D eigenvalue weighted by Crippen LogP contribution is 2.30.